The fraction of sp³-hybridized carbons (Fsp3) is 0.200. The lowest BCUT2D eigenvalue weighted by Gasteiger charge is -2.11. The lowest BCUT2D eigenvalue weighted by Crippen LogP contribution is -1.96. The van der Waals surface area contributed by atoms with Crippen LogP contribution in [0.4, 0.5) is 0 Å². The van der Waals surface area contributed by atoms with Crippen molar-refractivity contribution in [2.45, 2.75) is 13.8 Å². The molecule has 0 spiro atoms. The molecule has 88 valence electrons. The van der Waals surface area contributed by atoms with Crippen molar-refractivity contribution in [3.05, 3.63) is 48.2 Å². The number of hydrogen-bond acceptors (Lipinski definition) is 2. The summed E-state index contributed by atoms with van der Waals surface area (Å²) >= 11 is 0. The summed E-state index contributed by atoms with van der Waals surface area (Å²) in [4.78, 5) is 0. The van der Waals surface area contributed by atoms with Gasteiger partial charge in [0, 0.05) is 5.56 Å². The van der Waals surface area contributed by atoms with E-state index in [9.17, 15) is 0 Å². The molecule has 0 unspecified atom stereocenters. The van der Waals surface area contributed by atoms with Crippen LogP contribution >= 0.6 is 0 Å². The second-order valence-corrected chi connectivity index (χ2v) is 3.77. The van der Waals surface area contributed by atoms with E-state index >= 15 is 0 Å². The van der Waals surface area contributed by atoms with E-state index < -0.39 is 0 Å². The first-order valence-electron chi connectivity index (χ1n) is 5.71. The maximum absolute atomic E-state index is 5.69. The molecule has 17 heavy (non-hydrogen) atoms. The number of furan rings is 1. The van der Waals surface area contributed by atoms with Crippen LogP contribution in [-0.4, -0.2) is 6.61 Å². The van der Waals surface area contributed by atoms with Crippen LogP contribution in [0.1, 0.15) is 18.2 Å². The quantitative estimate of drug-likeness (QED) is 0.778. The van der Waals surface area contributed by atoms with Gasteiger partial charge in [0.15, 0.2) is 0 Å². The summed E-state index contributed by atoms with van der Waals surface area (Å²) in [6.07, 6.45) is 1.80. The van der Waals surface area contributed by atoms with Crippen molar-refractivity contribution in [3.8, 4) is 17.1 Å². The van der Waals surface area contributed by atoms with E-state index in [-0.39, 0.29) is 0 Å². The Labute approximate surface area is 102 Å². The Balaban J connectivity index is 2.56. The van der Waals surface area contributed by atoms with E-state index in [1.165, 1.54) is 0 Å². The predicted molar refractivity (Wildman–Crippen MR) is 70.1 cm³/mol. The standard InChI is InChI=1S/C15H16O2/c1-4-12-7-6-8-13(15(12)16-5-2)14-10-9-11(3)17-14/h4,6-10H,1,5H2,2-3H3. The highest BCUT2D eigenvalue weighted by atomic mass is 16.5. The lowest BCUT2D eigenvalue weighted by molar-refractivity contribution is 0.340. The van der Waals surface area contributed by atoms with E-state index in [2.05, 4.69) is 6.58 Å². The third-order valence-corrected chi connectivity index (χ3v) is 2.56. The molecule has 0 saturated carbocycles. The van der Waals surface area contributed by atoms with E-state index in [0.717, 1.165) is 28.4 Å². The second-order valence-electron chi connectivity index (χ2n) is 3.77. The van der Waals surface area contributed by atoms with E-state index in [0.29, 0.717) is 6.61 Å². The van der Waals surface area contributed by atoms with Gasteiger partial charge >= 0.3 is 0 Å². The number of benzene rings is 1. The van der Waals surface area contributed by atoms with Crippen molar-refractivity contribution in [3.63, 3.8) is 0 Å². The van der Waals surface area contributed by atoms with Crippen LogP contribution in [0, 0.1) is 6.92 Å². The molecule has 0 bridgehead atoms. The molecule has 0 amide bonds. The van der Waals surface area contributed by atoms with Gasteiger partial charge in [-0.2, -0.15) is 0 Å². The SMILES string of the molecule is C=Cc1cccc(-c2ccc(C)o2)c1OCC. The smallest absolute Gasteiger partial charge is 0.138 e. The Hall–Kier alpha value is -1.96. The molecular formula is C15H16O2. The molecule has 0 aliphatic heterocycles. The highest BCUT2D eigenvalue weighted by Crippen LogP contribution is 2.34. The number of aryl methyl sites for hydroxylation is 1. The van der Waals surface area contributed by atoms with Gasteiger partial charge < -0.3 is 9.15 Å². The number of para-hydroxylation sites is 1. The largest absolute Gasteiger partial charge is 0.492 e. The van der Waals surface area contributed by atoms with Crippen molar-refractivity contribution >= 4 is 6.08 Å². The van der Waals surface area contributed by atoms with Gasteiger partial charge in [0.05, 0.1) is 12.2 Å². The molecule has 1 heterocycles. The van der Waals surface area contributed by atoms with Gasteiger partial charge in [0.25, 0.3) is 0 Å². The first-order chi connectivity index (χ1) is 8.26. The fourth-order valence-electron chi connectivity index (χ4n) is 1.79. The van der Waals surface area contributed by atoms with Crippen LogP contribution in [0.5, 0.6) is 5.75 Å². The Bertz CT molecular complexity index is 523. The van der Waals surface area contributed by atoms with Crippen LogP contribution in [0.15, 0.2) is 41.3 Å². The minimum absolute atomic E-state index is 0.623. The van der Waals surface area contributed by atoms with Gasteiger partial charge in [-0.3, -0.25) is 0 Å². The maximum Gasteiger partial charge on any atom is 0.138 e. The van der Waals surface area contributed by atoms with Gasteiger partial charge in [-0.05, 0) is 32.0 Å². The molecule has 0 aliphatic rings. The van der Waals surface area contributed by atoms with Crippen molar-refractivity contribution in [1.82, 2.24) is 0 Å². The molecule has 2 nitrogen and oxygen atoms in total. The summed E-state index contributed by atoms with van der Waals surface area (Å²) in [5.74, 6) is 2.56. The van der Waals surface area contributed by atoms with Crippen LogP contribution in [-0.2, 0) is 0 Å². The Morgan fingerprint density at radius 2 is 2.12 bits per heavy atom. The predicted octanol–water partition coefficient (Wildman–Crippen LogP) is 4.30. The Kier molecular flexibility index (Phi) is 3.33. The van der Waals surface area contributed by atoms with Crippen LogP contribution in [0.3, 0.4) is 0 Å². The third kappa shape index (κ3) is 2.26. The van der Waals surface area contributed by atoms with Gasteiger partial charge in [-0.1, -0.05) is 24.8 Å². The summed E-state index contributed by atoms with van der Waals surface area (Å²) in [7, 11) is 0. The van der Waals surface area contributed by atoms with E-state index in [4.69, 9.17) is 9.15 Å². The highest BCUT2D eigenvalue weighted by Gasteiger charge is 2.12. The van der Waals surface area contributed by atoms with Gasteiger partial charge in [0.2, 0.25) is 0 Å². The molecule has 2 aromatic rings. The van der Waals surface area contributed by atoms with Crippen molar-refractivity contribution in [2.24, 2.45) is 0 Å². The summed E-state index contributed by atoms with van der Waals surface area (Å²) < 4.78 is 11.3. The minimum Gasteiger partial charge on any atom is -0.492 e. The third-order valence-electron chi connectivity index (χ3n) is 2.56. The molecule has 2 rings (SSSR count). The lowest BCUT2D eigenvalue weighted by atomic mass is 10.1. The molecule has 0 aliphatic carbocycles. The molecule has 0 atom stereocenters. The normalized spacial score (nSPS) is 10.2. The van der Waals surface area contributed by atoms with Crippen LogP contribution in [0.2, 0.25) is 0 Å². The summed E-state index contributed by atoms with van der Waals surface area (Å²) in [6, 6.07) is 9.87. The molecule has 1 aromatic heterocycles. The molecule has 1 aromatic carbocycles. The number of hydrogen-bond donors (Lipinski definition) is 0. The topological polar surface area (TPSA) is 22.4 Å². The van der Waals surface area contributed by atoms with Crippen molar-refractivity contribution in [1.29, 1.82) is 0 Å². The summed E-state index contributed by atoms with van der Waals surface area (Å²) in [5.41, 5.74) is 1.95. The second kappa shape index (κ2) is 4.91. The Morgan fingerprint density at radius 3 is 2.71 bits per heavy atom. The molecular weight excluding hydrogens is 212 g/mol. The zero-order valence-corrected chi connectivity index (χ0v) is 10.2. The minimum atomic E-state index is 0.623. The van der Waals surface area contributed by atoms with Crippen LogP contribution in [0.25, 0.3) is 17.4 Å². The van der Waals surface area contributed by atoms with Gasteiger partial charge in [-0.25, -0.2) is 0 Å². The molecule has 0 saturated heterocycles. The summed E-state index contributed by atoms with van der Waals surface area (Å²) in [6.45, 7) is 8.33. The van der Waals surface area contributed by atoms with E-state index in [1.54, 1.807) is 6.08 Å². The van der Waals surface area contributed by atoms with Gasteiger partial charge in [-0.15, -0.1) is 0 Å². The van der Waals surface area contributed by atoms with Crippen molar-refractivity contribution in [2.75, 3.05) is 6.61 Å². The first-order valence-corrected chi connectivity index (χ1v) is 5.71. The molecule has 0 N–H and O–H groups in total. The highest BCUT2D eigenvalue weighted by molar-refractivity contribution is 5.73. The zero-order valence-electron chi connectivity index (χ0n) is 10.2. The zero-order chi connectivity index (χ0) is 12.3. The van der Waals surface area contributed by atoms with Crippen LogP contribution < -0.4 is 4.74 Å². The number of ether oxygens (including phenoxy) is 1. The Morgan fingerprint density at radius 1 is 1.29 bits per heavy atom. The molecule has 0 fully saturated rings. The average molecular weight is 228 g/mol. The first kappa shape index (κ1) is 11.5. The van der Waals surface area contributed by atoms with Crippen molar-refractivity contribution < 1.29 is 9.15 Å². The van der Waals surface area contributed by atoms with Gasteiger partial charge in [0.1, 0.15) is 17.3 Å². The number of rotatable bonds is 4. The summed E-state index contributed by atoms with van der Waals surface area (Å²) in [5, 5.41) is 0. The monoisotopic (exact) mass is 228 g/mol. The fourth-order valence-corrected chi connectivity index (χ4v) is 1.79. The molecule has 2 heteroatoms. The maximum atomic E-state index is 5.69. The molecule has 0 radical (unpaired) electrons. The average Bonchev–Trinajstić information content (AvgIpc) is 2.76. The van der Waals surface area contributed by atoms with E-state index in [1.807, 2.05) is 44.2 Å².